The fourth-order valence-electron chi connectivity index (χ4n) is 2.80. The van der Waals surface area contributed by atoms with Gasteiger partial charge in [0.2, 0.25) is 15.9 Å². The van der Waals surface area contributed by atoms with Gasteiger partial charge in [0, 0.05) is 45.2 Å². The predicted octanol–water partition coefficient (Wildman–Crippen LogP) is 0.222. The summed E-state index contributed by atoms with van der Waals surface area (Å²) in [5.74, 6) is -0.967. The highest BCUT2D eigenvalue weighted by Crippen LogP contribution is 2.19. The lowest BCUT2D eigenvalue weighted by molar-refractivity contribution is -0.142. The van der Waals surface area contributed by atoms with Gasteiger partial charge in [-0.2, -0.15) is 4.31 Å². The van der Waals surface area contributed by atoms with Crippen molar-refractivity contribution in [2.45, 2.75) is 25.2 Å². The van der Waals surface area contributed by atoms with E-state index < -0.39 is 21.9 Å². The maximum atomic E-state index is 12.8. The number of sulfonamides is 1. The van der Waals surface area contributed by atoms with Gasteiger partial charge >= 0.3 is 5.97 Å². The minimum Gasteiger partial charge on any atom is -0.466 e. The van der Waals surface area contributed by atoms with Crippen LogP contribution in [0.1, 0.15) is 30.6 Å². The maximum Gasteiger partial charge on any atom is 0.307 e. The second-order valence-corrected chi connectivity index (χ2v) is 8.19. The van der Waals surface area contributed by atoms with E-state index in [1.807, 2.05) is 0 Å². The quantitative estimate of drug-likeness (QED) is 0.643. The fourth-order valence-corrected chi connectivity index (χ4v) is 4.27. The molecule has 1 aliphatic rings. The first-order chi connectivity index (χ1) is 13.3. The summed E-state index contributed by atoms with van der Waals surface area (Å²) in [5, 5.41) is 2.57. The topological polar surface area (TPSA) is 113 Å². The molecule has 28 heavy (non-hydrogen) atoms. The van der Waals surface area contributed by atoms with Crippen molar-refractivity contribution < 1.29 is 27.5 Å². The number of esters is 1. The molecule has 0 bridgehead atoms. The zero-order valence-electron chi connectivity index (χ0n) is 16.0. The van der Waals surface area contributed by atoms with Gasteiger partial charge in [-0.1, -0.05) is 6.07 Å². The Balaban J connectivity index is 2.02. The van der Waals surface area contributed by atoms with E-state index in [2.05, 4.69) is 5.32 Å². The van der Waals surface area contributed by atoms with E-state index in [1.54, 1.807) is 11.8 Å². The molecule has 1 aromatic rings. The van der Waals surface area contributed by atoms with Crippen LogP contribution >= 0.6 is 0 Å². The van der Waals surface area contributed by atoms with Gasteiger partial charge in [0.05, 0.1) is 17.9 Å². The van der Waals surface area contributed by atoms with Crippen LogP contribution in [0.15, 0.2) is 29.2 Å². The molecule has 1 N–H and O–H groups in total. The lowest BCUT2D eigenvalue weighted by Crippen LogP contribution is -2.49. The van der Waals surface area contributed by atoms with Crippen LogP contribution in [0.2, 0.25) is 0 Å². The van der Waals surface area contributed by atoms with Crippen molar-refractivity contribution in [2.75, 3.05) is 39.3 Å². The molecule has 0 unspecified atom stereocenters. The van der Waals surface area contributed by atoms with Gasteiger partial charge in [-0.05, 0) is 25.1 Å². The predicted molar refractivity (Wildman–Crippen MR) is 101 cm³/mol. The zero-order chi connectivity index (χ0) is 20.7. The lowest BCUT2D eigenvalue weighted by atomic mass is 10.2. The third-order valence-electron chi connectivity index (χ3n) is 4.34. The first-order valence-corrected chi connectivity index (χ1v) is 10.5. The Labute approximate surface area is 164 Å². The molecule has 0 radical (unpaired) electrons. The first kappa shape index (κ1) is 21.8. The molecule has 9 nitrogen and oxygen atoms in total. The molecule has 0 spiro atoms. The fraction of sp³-hybridized carbons (Fsp3) is 0.500. The molecule has 0 atom stereocenters. The third kappa shape index (κ3) is 5.52. The summed E-state index contributed by atoms with van der Waals surface area (Å²) in [5.41, 5.74) is 0.187. The van der Waals surface area contributed by atoms with E-state index in [1.165, 1.54) is 35.5 Å². The number of amides is 2. The molecule has 154 valence electrons. The van der Waals surface area contributed by atoms with E-state index in [-0.39, 0.29) is 49.0 Å². The monoisotopic (exact) mass is 411 g/mol. The van der Waals surface area contributed by atoms with E-state index in [0.29, 0.717) is 13.1 Å². The molecule has 0 saturated carbocycles. The Hall–Kier alpha value is -2.46. The van der Waals surface area contributed by atoms with Crippen molar-refractivity contribution in [1.29, 1.82) is 0 Å². The normalized spacial score (nSPS) is 15.1. The Bertz CT molecular complexity index is 831. The molecule has 1 fully saturated rings. The smallest absolute Gasteiger partial charge is 0.307 e. The highest BCUT2D eigenvalue weighted by atomic mass is 32.2. The van der Waals surface area contributed by atoms with Crippen LogP contribution in [-0.2, 0) is 24.3 Å². The van der Waals surface area contributed by atoms with E-state index >= 15 is 0 Å². The van der Waals surface area contributed by atoms with E-state index in [9.17, 15) is 22.8 Å². The Morgan fingerprint density at radius 3 is 2.43 bits per heavy atom. The van der Waals surface area contributed by atoms with Gasteiger partial charge in [0.15, 0.2) is 0 Å². The van der Waals surface area contributed by atoms with Gasteiger partial charge in [0.1, 0.15) is 0 Å². The summed E-state index contributed by atoms with van der Waals surface area (Å²) in [4.78, 5) is 36.6. The van der Waals surface area contributed by atoms with Crippen molar-refractivity contribution >= 4 is 27.8 Å². The second kappa shape index (κ2) is 9.65. The first-order valence-electron chi connectivity index (χ1n) is 9.05. The maximum absolute atomic E-state index is 12.8. The SMILES string of the molecule is CCOC(=O)CCNC(=O)c1cccc(S(=O)(=O)N2CCN(C(C)=O)CC2)c1. The van der Waals surface area contributed by atoms with Gasteiger partial charge < -0.3 is 15.0 Å². The number of rotatable bonds is 7. The highest BCUT2D eigenvalue weighted by molar-refractivity contribution is 7.89. The van der Waals surface area contributed by atoms with E-state index in [0.717, 1.165) is 0 Å². The standard InChI is InChI=1S/C18H25N3O6S/c1-3-27-17(23)7-8-19-18(24)15-5-4-6-16(13-15)28(25,26)21-11-9-20(10-12-21)14(2)22/h4-6,13H,3,7-12H2,1-2H3,(H,19,24). The number of carbonyl (C=O) groups excluding carboxylic acids is 3. The van der Waals surface area contributed by atoms with Crippen LogP contribution in [-0.4, -0.2) is 74.7 Å². The van der Waals surface area contributed by atoms with Crippen LogP contribution < -0.4 is 5.32 Å². The Morgan fingerprint density at radius 2 is 1.82 bits per heavy atom. The van der Waals surface area contributed by atoms with Crippen LogP contribution in [0.5, 0.6) is 0 Å². The molecule has 10 heteroatoms. The number of hydrogen-bond acceptors (Lipinski definition) is 6. The molecule has 2 rings (SSSR count). The van der Waals surface area contributed by atoms with E-state index in [4.69, 9.17) is 4.74 Å². The molecular formula is C18H25N3O6S. The van der Waals surface area contributed by atoms with Crippen molar-refractivity contribution in [3.05, 3.63) is 29.8 Å². The van der Waals surface area contributed by atoms with Crippen LogP contribution in [0.25, 0.3) is 0 Å². The number of piperazine rings is 1. The van der Waals surface area contributed by atoms with Crippen molar-refractivity contribution in [3.63, 3.8) is 0 Å². The van der Waals surface area contributed by atoms with Crippen molar-refractivity contribution in [2.24, 2.45) is 0 Å². The average molecular weight is 411 g/mol. The molecule has 1 heterocycles. The van der Waals surface area contributed by atoms with Crippen LogP contribution in [0.3, 0.4) is 0 Å². The summed E-state index contributed by atoms with van der Waals surface area (Å²) in [6, 6.07) is 5.75. The minimum atomic E-state index is -3.77. The lowest BCUT2D eigenvalue weighted by Gasteiger charge is -2.33. The summed E-state index contributed by atoms with van der Waals surface area (Å²) in [6.45, 7) is 4.60. The summed E-state index contributed by atoms with van der Waals surface area (Å²) in [7, 11) is -3.77. The largest absolute Gasteiger partial charge is 0.466 e. The molecule has 1 aliphatic heterocycles. The second-order valence-electron chi connectivity index (χ2n) is 6.25. The number of benzene rings is 1. The van der Waals surface area contributed by atoms with Gasteiger partial charge in [0.25, 0.3) is 5.91 Å². The summed E-state index contributed by atoms with van der Waals surface area (Å²) >= 11 is 0. The number of carbonyl (C=O) groups is 3. The van der Waals surface area contributed by atoms with Crippen molar-refractivity contribution in [3.8, 4) is 0 Å². The summed E-state index contributed by atoms with van der Waals surface area (Å²) < 4.78 is 31.8. The molecule has 0 aromatic heterocycles. The van der Waals surface area contributed by atoms with Crippen molar-refractivity contribution in [1.82, 2.24) is 14.5 Å². The molecule has 1 aromatic carbocycles. The van der Waals surface area contributed by atoms with Gasteiger partial charge in [-0.25, -0.2) is 8.42 Å². The number of nitrogens with one attached hydrogen (secondary N) is 1. The third-order valence-corrected chi connectivity index (χ3v) is 6.23. The highest BCUT2D eigenvalue weighted by Gasteiger charge is 2.29. The number of hydrogen-bond donors (Lipinski definition) is 1. The number of ether oxygens (including phenoxy) is 1. The molecule has 1 saturated heterocycles. The Kier molecular flexibility index (Phi) is 7.53. The zero-order valence-corrected chi connectivity index (χ0v) is 16.8. The van der Waals surface area contributed by atoms with Gasteiger partial charge in [-0.15, -0.1) is 0 Å². The molecular weight excluding hydrogens is 386 g/mol. The van der Waals surface area contributed by atoms with Crippen LogP contribution in [0, 0.1) is 0 Å². The minimum absolute atomic E-state index is 0.0156. The summed E-state index contributed by atoms with van der Waals surface area (Å²) in [6.07, 6.45) is 0.0397. The average Bonchev–Trinajstić information content (AvgIpc) is 2.68. The molecule has 2 amide bonds. The molecule has 0 aliphatic carbocycles. The number of nitrogens with zero attached hydrogens (tertiary/aromatic N) is 2. The van der Waals surface area contributed by atoms with Crippen LogP contribution in [0.4, 0.5) is 0 Å². The Morgan fingerprint density at radius 1 is 1.14 bits per heavy atom. The van der Waals surface area contributed by atoms with Gasteiger partial charge in [-0.3, -0.25) is 14.4 Å².